The van der Waals surface area contributed by atoms with Crippen LogP contribution >= 0.6 is 27.3 Å². The summed E-state index contributed by atoms with van der Waals surface area (Å²) < 4.78 is 40.4. The topological polar surface area (TPSA) is 85.1 Å². The van der Waals surface area contributed by atoms with Crippen LogP contribution in [0.25, 0.3) is 0 Å². The molecule has 0 saturated heterocycles. The number of nitrogens with one attached hydrogen (secondary N) is 1. The van der Waals surface area contributed by atoms with Crippen molar-refractivity contribution in [3.8, 4) is 0 Å². The molecule has 0 radical (unpaired) electrons. The Bertz CT molecular complexity index is 746. The number of benzene rings is 1. The third kappa shape index (κ3) is 3.35. The molecule has 0 bridgehead atoms. The summed E-state index contributed by atoms with van der Waals surface area (Å²) in [5.74, 6) is -0.873. The van der Waals surface area contributed by atoms with Crippen LogP contribution in [0.4, 0.5) is 10.1 Å². The van der Waals surface area contributed by atoms with Crippen LogP contribution in [0.5, 0.6) is 0 Å². The van der Waals surface area contributed by atoms with Crippen molar-refractivity contribution in [3.63, 3.8) is 0 Å². The number of thiazole rings is 1. The van der Waals surface area contributed by atoms with E-state index in [1.807, 2.05) is 6.92 Å². The number of sulfonamides is 1. The lowest BCUT2D eigenvalue weighted by molar-refractivity contribution is 0.554. The van der Waals surface area contributed by atoms with Crippen LogP contribution in [-0.2, 0) is 16.6 Å². The summed E-state index contributed by atoms with van der Waals surface area (Å²) in [6.07, 6.45) is 1.64. The Morgan fingerprint density at radius 1 is 1.50 bits per heavy atom. The minimum absolute atomic E-state index is 0.00275. The maximum absolute atomic E-state index is 13.9. The number of nitrogens with two attached hydrogens (primary N) is 1. The monoisotopic (exact) mass is 379 g/mol. The highest BCUT2D eigenvalue weighted by Gasteiger charge is 2.21. The van der Waals surface area contributed by atoms with E-state index in [4.69, 9.17) is 5.73 Å². The summed E-state index contributed by atoms with van der Waals surface area (Å²) in [5, 5.41) is 0.606. The predicted octanol–water partition coefficient (Wildman–Crippen LogP) is 2.41. The van der Waals surface area contributed by atoms with Gasteiger partial charge in [-0.15, -0.1) is 11.3 Å². The molecular formula is C11H11BrFN3O2S2. The number of anilines is 1. The zero-order valence-corrected chi connectivity index (χ0v) is 13.6. The minimum Gasteiger partial charge on any atom is -0.399 e. The summed E-state index contributed by atoms with van der Waals surface area (Å²) >= 11 is 4.30. The number of hydrogen-bond donors (Lipinski definition) is 2. The Labute approximate surface area is 128 Å². The number of aryl methyl sites for hydroxylation is 1. The second-order valence-corrected chi connectivity index (χ2v) is 7.91. The van der Waals surface area contributed by atoms with Crippen molar-refractivity contribution in [2.45, 2.75) is 18.4 Å². The second-order valence-electron chi connectivity index (χ2n) is 4.00. The van der Waals surface area contributed by atoms with Crippen LogP contribution in [0, 0.1) is 12.7 Å². The van der Waals surface area contributed by atoms with Crippen molar-refractivity contribution in [2.24, 2.45) is 0 Å². The van der Waals surface area contributed by atoms with E-state index in [1.54, 1.807) is 6.20 Å². The standard InChI is InChI=1S/C11H11BrFN3O2S2/c1-6-4-15-10(19-6)5-16-20(17,18)9-3-7(14)2-8(12)11(9)13/h2-4,16H,5,14H2,1H3. The molecule has 0 aliphatic heterocycles. The molecule has 0 fully saturated rings. The maximum atomic E-state index is 13.9. The lowest BCUT2D eigenvalue weighted by Gasteiger charge is -2.08. The Hall–Kier alpha value is -1.03. The molecule has 0 saturated carbocycles. The highest BCUT2D eigenvalue weighted by atomic mass is 79.9. The van der Waals surface area contributed by atoms with Crippen LogP contribution in [-0.4, -0.2) is 13.4 Å². The van der Waals surface area contributed by atoms with Crippen LogP contribution in [0.2, 0.25) is 0 Å². The summed E-state index contributed by atoms with van der Waals surface area (Å²) in [7, 11) is -3.99. The van der Waals surface area contributed by atoms with Crippen molar-refractivity contribution in [1.82, 2.24) is 9.71 Å². The van der Waals surface area contributed by atoms with Crippen molar-refractivity contribution in [3.05, 3.63) is 38.5 Å². The minimum atomic E-state index is -3.99. The first kappa shape index (κ1) is 15.4. The highest BCUT2D eigenvalue weighted by Crippen LogP contribution is 2.26. The van der Waals surface area contributed by atoms with Gasteiger partial charge in [-0.3, -0.25) is 0 Å². The van der Waals surface area contributed by atoms with Crippen molar-refractivity contribution < 1.29 is 12.8 Å². The summed E-state index contributed by atoms with van der Waals surface area (Å²) in [6.45, 7) is 1.87. The molecule has 0 aliphatic carbocycles. The van der Waals surface area contributed by atoms with E-state index in [1.165, 1.54) is 17.4 Å². The molecule has 0 aliphatic rings. The summed E-state index contributed by atoms with van der Waals surface area (Å²) in [4.78, 5) is 4.52. The molecule has 1 heterocycles. The fourth-order valence-electron chi connectivity index (χ4n) is 1.50. The first-order valence-electron chi connectivity index (χ1n) is 5.45. The smallest absolute Gasteiger partial charge is 0.243 e. The van der Waals surface area contributed by atoms with Gasteiger partial charge in [-0.1, -0.05) is 0 Å². The highest BCUT2D eigenvalue weighted by molar-refractivity contribution is 9.10. The third-order valence-corrected chi connectivity index (χ3v) is 5.28. The average molecular weight is 380 g/mol. The lowest BCUT2D eigenvalue weighted by Crippen LogP contribution is -2.24. The van der Waals surface area contributed by atoms with E-state index in [0.29, 0.717) is 5.01 Å². The van der Waals surface area contributed by atoms with E-state index in [0.717, 1.165) is 10.9 Å². The van der Waals surface area contributed by atoms with Gasteiger partial charge in [0.25, 0.3) is 0 Å². The molecule has 2 aromatic rings. The molecule has 9 heteroatoms. The molecule has 3 N–H and O–H groups in total. The van der Waals surface area contributed by atoms with Gasteiger partial charge in [0.1, 0.15) is 9.90 Å². The second kappa shape index (κ2) is 5.76. The average Bonchev–Trinajstić information content (AvgIpc) is 2.77. The van der Waals surface area contributed by atoms with E-state index < -0.39 is 20.7 Å². The van der Waals surface area contributed by atoms with Gasteiger partial charge >= 0.3 is 0 Å². The quantitative estimate of drug-likeness (QED) is 0.798. The van der Waals surface area contributed by atoms with Crippen molar-refractivity contribution in [2.75, 3.05) is 5.73 Å². The molecule has 1 aromatic carbocycles. The third-order valence-electron chi connectivity index (χ3n) is 2.39. The number of aromatic nitrogens is 1. The molecular weight excluding hydrogens is 369 g/mol. The van der Waals surface area contributed by atoms with Crippen LogP contribution < -0.4 is 10.5 Å². The van der Waals surface area contributed by atoms with Crippen LogP contribution in [0.15, 0.2) is 27.7 Å². The van der Waals surface area contributed by atoms with Crippen molar-refractivity contribution >= 4 is 43.0 Å². The normalized spacial score (nSPS) is 11.8. The molecule has 0 amide bonds. The van der Waals surface area contributed by atoms with Gasteiger partial charge in [0.05, 0.1) is 11.0 Å². The van der Waals surface area contributed by atoms with Gasteiger partial charge in [0, 0.05) is 16.8 Å². The fourth-order valence-corrected chi connectivity index (χ4v) is 4.04. The zero-order valence-electron chi connectivity index (χ0n) is 10.4. The summed E-state index contributed by atoms with van der Waals surface area (Å²) in [6, 6.07) is 2.38. The Balaban J connectivity index is 2.27. The first-order chi connectivity index (χ1) is 9.29. The number of rotatable bonds is 4. The molecule has 0 unspecified atom stereocenters. The largest absolute Gasteiger partial charge is 0.399 e. The van der Waals surface area contributed by atoms with Gasteiger partial charge in [-0.05, 0) is 35.0 Å². The first-order valence-corrected chi connectivity index (χ1v) is 8.54. The molecule has 20 heavy (non-hydrogen) atoms. The molecule has 5 nitrogen and oxygen atoms in total. The fraction of sp³-hybridized carbons (Fsp3) is 0.182. The summed E-state index contributed by atoms with van der Waals surface area (Å²) in [5.41, 5.74) is 5.69. The number of nitrogens with zero attached hydrogens (tertiary/aromatic N) is 1. The number of hydrogen-bond acceptors (Lipinski definition) is 5. The Morgan fingerprint density at radius 3 is 2.80 bits per heavy atom. The molecule has 0 spiro atoms. The molecule has 108 valence electrons. The van der Waals surface area contributed by atoms with Gasteiger partial charge in [0.2, 0.25) is 10.0 Å². The van der Waals surface area contributed by atoms with Crippen molar-refractivity contribution in [1.29, 1.82) is 0 Å². The zero-order chi connectivity index (χ0) is 14.9. The van der Waals surface area contributed by atoms with E-state index in [9.17, 15) is 12.8 Å². The SMILES string of the molecule is Cc1cnc(CNS(=O)(=O)c2cc(N)cc(Br)c2F)s1. The van der Waals surface area contributed by atoms with Gasteiger partial charge in [-0.2, -0.15) is 0 Å². The number of halogens is 2. The number of nitrogen functional groups attached to an aromatic ring is 1. The van der Waals surface area contributed by atoms with E-state index in [-0.39, 0.29) is 16.7 Å². The Kier molecular flexibility index (Phi) is 4.43. The molecule has 2 rings (SSSR count). The molecule has 0 atom stereocenters. The van der Waals surface area contributed by atoms with Gasteiger partial charge < -0.3 is 5.73 Å². The van der Waals surface area contributed by atoms with Crippen LogP contribution in [0.1, 0.15) is 9.88 Å². The predicted molar refractivity (Wildman–Crippen MR) is 79.4 cm³/mol. The van der Waals surface area contributed by atoms with Gasteiger partial charge in [0.15, 0.2) is 5.82 Å². The molecule has 1 aromatic heterocycles. The van der Waals surface area contributed by atoms with Gasteiger partial charge in [-0.25, -0.2) is 22.5 Å². The van der Waals surface area contributed by atoms with Crippen LogP contribution in [0.3, 0.4) is 0 Å². The van der Waals surface area contributed by atoms with E-state index >= 15 is 0 Å². The van der Waals surface area contributed by atoms with E-state index in [2.05, 4.69) is 25.6 Å². The lowest BCUT2D eigenvalue weighted by atomic mass is 10.3. The maximum Gasteiger partial charge on any atom is 0.243 e. The Morgan fingerprint density at radius 2 is 2.20 bits per heavy atom.